The number of carbonyl (C=O) groups excluding carboxylic acids is 1. The molecule has 104 valence electrons. The first-order valence-electron chi connectivity index (χ1n) is 5.73. The van der Waals surface area contributed by atoms with Crippen molar-refractivity contribution in [3.63, 3.8) is 0 Å². The molecular weight excluding hydrogens is 342 g/mol. The highest BCUT2D eigenvalue weighted by atomic mass is 79.9. The van der Waals surface area contributed by atoms with Crippen LogP contribution in [0.4, 0.5) is 8.78 Å². The van der Waals surface area contributed by atoms with Crippen molar-refractivity contribution in [2.45, 2.75) is 24.5 Å². The molecular formula is C12H11BrF2O3S. The minimum Gasteiger partial charge on any atom is -0.293 e. The summed E-state index contributed by atoms with van der Waals surface area (Å²) in [5.74, 6) is -2.65. The third kappa shape index (κ3) is 2.86. The van der Waals surface area contributed by atoms with Gasteiger partial charge in [-0.1, -0.05) is 6.42 Å². The van der Waals surface area contributed by atoms with E-state index in [-0.39, 0.29) is 16.6 Å². The zero-order valence-corrected chi connectivity index (χ0v) is 12.2. The summed E-state index contributed by atoms with van der Waals surface area (Å²) >= 11 is 2.80. The molecule has 1 fully saturated rings. The molecule has 1 aromatic carbocycles. The van der Waals surface area contributed by atoms with Gasteiger partial charge in [0, 0.05) is 0 Å². The van der Waals surface area contributed by atoms with Crippen LogP contribution in [-0.4, -0.2) is 25.2 Å². The Morgan fingerprint density at radius 2 is 1.89 bits per heavy atom. The maximum absolute atomic E-state index is 13.7. The molecule has 3 nitrogen and oxygen atoms in total. The van der Waals surface area contributed by atoms with Crippen LogP contribution in [0.1, 0.15) is 29.6 Å². The summed E-state index contributed by atoms with van der Waals surface area (Å²) in [6.45, 7) is 0. The first-order chi connectivity index (χ1) is 8.83. The third-order valence-electron chi connectivity index (χ3n) is 3.15. The van der Waals surface area contributed by atoms with Crippen molar-refractivity contribution < 1.29 is 22.0 Å². The summed E-state index contributed by atoms with van der Waals surface area (Å²) < 4.78 is 50.6. The number of carbonyl (C=O) groups is 1. The van der Waals surface area contributed by atoms with E-state index in [2.05, 4.69) is 15.9 Å². The van der Waals surface area contributed by atoms with Crippen molar-refractivity contribution in [3.05, 3.63) is 33.8 Å². The van der Waals surface area contributed by atoms with Gasteiger partial charge in [0.1, 0.15) is 16.9 Å². The summed E-state index contributed by atoms with van der Waals surface area (Å²) in [4.78, 5) is 12.1. The molecule has 1 atom stereocenters. The van der Waals surface area contributed by atoms with Crippen LogP contribution in [0, 0.1) is 11.6 Å². The molecule has 2 rings (SSSR count). The lowest BCUT2D eigenvalue weighted by Crippen LogP contribution is -2.36. The van der Waals surface area contributed by atoms with E-state index >= 15 is 0 Å². The fourth-order valence-electron chi connectivity index (χ4n) is 2.13. The number of benzene rings is 1. The Hall–Kier alpha value is -0.820. The predicted molar refractivity (Wildman–Crippen MR) is 69.8 cm³/mol. The Morgan fingerprint density at radius 3 is 2.53 bits per heavy atom. The Labute approximate surface area is 118 Å². The average Bonchev–Trinajstić information content (AvgIpc) is 2.32. The minimum atomic E-state index is -3.56. The SMILES string of the molecule is O=C(c1cc(F)c(Br)cc1F)C1CCCCS1(=O)=O. The molecule has 0 spiro atoms. The monoisotopic (exact) mass is 352 g/mol. The molecule has 7 heteroatoms. The molecule has 0 aromatic heterocycles. The van der Waals surface area contributed by atoms with Gasteiger partial charge in [-0.05, 0) is 40.9 Å². The largest absolute Gasteiger partial charge is 0.293 e. The van der Waals surface area contributed by atoms with E-state index in [1.165, 1.54) is 0 Å². The second-order valence-electron chi connectivity index (χ2n) is 4.46. The fourth-order valence-corrected chi connectivity index (χ4v) is 4.32. The van der Waals surface area contributed by atoms with Crippen molar-refractivity contribution in [3.8, 4) is 0 Å². The first kappa shape index (κ1) is 14.6. The lowest BCUT2D eigenvalue weighted by molar-refractivity contribution is 0.0977. The molecule has 0 saturated carbocycles. The quantitative estimate of drug-likeness (QED) is 0.607. The molecule has 1 saturated heterocycles. The number of halogens is 3. The summed E-state index contributed by atoms with van der Waals surface area (Å²) in [6.07, 6.45) is 1.26. The number of rotatable bonds is 2. The van der Waals surface area contributed by atoms with Gasteiger partial charge >= 0.3 is 0 Å². The van der Waals surface area contributed by atoms with Gasteiger partial charge < -0.3 is 0 Å². The first-order valence-corrected chi connectivity index (χ1v) is 8.24. The van der Waals surface area contributed by atoms with Crippen LogP contribution < -0.4 is 0 Å². The van der Waals surface area contributed by atoms with Crippen LogP contribution in [0.2, 0.25) is 0 Å². The van der Waals surface area contributed by atoms with Crippen LogP contribution in [-0.2, 0) is 9.84 Å². The van der Waals surface area contributed by atoms with Gasteiger partial charge in [-0.25, -0.2) is 17.2 Å². The summed E-state index contributed by atoms with van der Waals surface area (Å²) in [6, 6.07) is 1.57. The number of ketones is 1. The number of hydrogen-bond acceptors (Lipinski definition) is 3. The van der Waals surface area contributed by atoms with Gasteiger partial charge in [-0.15, -0.1) is 0 Å². The summed E-state index contributed by atoms with van der Waals surface area (Å²) in [5, 5.41) is -1.25. The molecule has 0 amide bonds. The van der Waals surface area contributed by atoms with Crippen molar-refractivity contribution in [1.29, 1.82) is 0 Å². The molecule has 0 bridgehead atoms. The van der Waals surface area contributed by atoms with Crippen molar-refractivity contribution in [1.82, 2.24) is 0 Å². The molecule has 1 aromatic rings. The zero-order chi connectivity index (χ0) is 14.2. The highest BCUT2D eigenvalue weighted by Gasteiger charge is 2.36. The molecule has 19 heavy (non-hydrogen) atoms. The molecule has 1 heterocycles. The standard InChI is InChI=1S/C12H11BrF2O3S/c13-8-6-9(14)7(5-10(8)15)12(16)11-3-1-2-4-19(11,17)18/h5-6,11H,1-4H2. The second-order valence-corrected chi connectivity index (χ2v) is 7.62. The van der Waals surface area contributed by atoms with Crippen molar-refractivity contribution in [2.24, 2.45) is 0 Å². The third-order valence-corrected chi connectivity index (χ3v) is 5.93. The highest BCUT2D eigenvalue weighted by molar-refractivity contribution is 9.10. The predicted octanol–water partition coefficient (Wildman–Crippen LogP) is 2.88. The van der Waals surface area contributed by atoms with E-state index in [4.69, 9.17) is 0 Å². The van der Waals surface area contributed by atoms with Crippen molar-refractivity contribution >= 4 is 31.6 Å². The molecule has 0 N–H and O–H groups in total. The molecule has 0 aliphatic carbocycles. The van der Waals surface area contributed by atoms with E-state index < -0.39 is 38.1 Å². The lowest BCUT2D eigenvalue weighted by atomic mass is 10.0. The normalized spacial score (nSPS) is 22.2. The van der Waals surface area contributed by atoms with Gasteiger partial charge in [0.25, 0.3) is 0 Å². The van der Waals surface area contributed by atoms with Crippen LogP contribution in [0.5, 0.6) is 0 Å². The molecule has 1 unspecified atom stereocenters. The maximum Gasteiger partial charge on any atom is 0.184 e. The van der Waals surface area contributed by atoms with E-state index in [0.717, 1.165) is 12.1 Å². The summed E-state index contributed by atoms with van der Waals surface area (Å²) in [7, 11) is -3.56. The lowest BCUT2D eigenvalue weighted by Gasteiger charge is -2.21. The van der Waals surface area contributed by atoms with Gasteiger partial charge in [0.15, 0.2) is 15.6 Å². The highest BCUT2D eigenvalue weighted by Crippen LogP contribution is 2.26. The van der Waals surface area contributed by atoms with Crippen LogP contribution in [0.3, 0.4) is 0 Å². The van der Waals surface area contributed by atoms with Crippen LogP contribution in [0.15, 0.2) is 16.6 Å². The minimum absolute atomic E-state index is 0.0793. The van der Waals surface area contributed by atoms with E-state index in [1.807, 2.05) is 0 Å². The topological polar surface area (TPSA) is 51.2 Å². The molecule has 0 radical (unpaired) electrons. The Morgan fingerprint density at radius 1 is 1.21 bits per heavy atom. The van der Waals surface area contributed by atoms with Crippen LogP contribution in [0.25, 0.3) is 0 Å². The molecule has 1 aliphatic heterocycles. The van der Waals surface area contributed by atoms with Gasteiger partial charge in [0.2, 0.25) is 0 Å². The van der Waals surface area contributed by atoms with Gasteiger partial charge in [0.05, 0.1) is 15.8 Å². The zero-order valence-electron chi connectivity index (χ0n) is 9.83. The Kier molecular flexibility index (Phi) is 4.06. The summed E-state index contributed by atoms with van der Waals surface area (Å²) in [5.41, 5.74) is -0.504. The molecule has 1 aliphatic rings. The van der Waals surface area contributed by atoms with E-state index in [9.17, 15) is 22.0 Å². The number of hydrogen-bond donors (Lipinski definition) is 0. The van der Waals surface area contributed by atoms with E-state index in [1.54, 1.807) is 0 Å². The van der Waals surface area contributed by atoms with E-state index in [0.29, 0.717) is 12.8 Å². The second kappa shape index (κ2) is 5.28. The fraction of sp³-hybridized carbons (Fsp3) is 0.417. The van der Waals surface area contributed by atoms with Gasteiger partial charge in [-0.3, -0.25) is 4.79 Å². The Bertz CT molecular complexity index is 628. The number of Topliss-reactive ketones (excluding diaryl/α,β-unsaturated/α-hetero) is 1. The average molecular weight is 353 g/mol. The number of sulfone groups is 1. The van der Waals surface area contributed by atoms with Crippen LogP contribution >= 0.6 is 15.9 Å². The smallest absolute Gasteiger partial charge is 0.184 e. The van der Waals surface area contributed by atoms with Crippen molar-refractivity contribution in [2.75, 3.05) is 5.75 Å². The Balaban J connectivity index is 2.42. The maximum atomic E-state index is 13.7. The van der Waals surface area contributed by atoms with Gasteiger partial charge in [-0.2, -0.15) is 0 Å².